The lowest BCUT2D eigenvalue weighted by Crippen LogP contribution is -2.66. The van der Waals surface area contributed by atoms with Crippen molar-refractivity contribution in [2.45, 2.75) is 69.2 Å². The molecule has 0 aromatic heterocycles. The zero-order valence-corrected chi connectivity index (χ0v) is 14.4. The highest BCUT2D eigenvalue weighted by Gasteiger charge is 2.65. The van der Waals surface area contributed by atoms with Gasteiger partial charge < -0.3 is 4.74 Å². The molecule has 1 aromatic rings. The first-order valence-corrected chi connectivity index (χ1v) is 9.86. The highest BCUT2D eigenvalue weighted by molar-refractivity contribution is 5.58. The van der Waals surface area contributed by atoms with Crippen LogP contribution in [-0.2, 0) is 11.8 Å². The summed E-state index contributed by atoms with van der Waals surface area (Å²) < 4.78 is 21.3. The second kappa shape index (κ2) is 4.55. The Labute approximate surface area is 143 Å². The van der Waals surface area contributed by atoms with E-state index >= 15 is 0 Å². The molecule has 1 spiro atoms. The summed E-state index contributed by atoms with van der Waals surface area (Å²) in [6, 6.07) is 5.11. The van der Waals surface area contributed by atoms with Crippen LogP contribution in [0.15, 0.2) is 12.1 Å². The molecule has 0 radical (unpaired) electrons. The number of ether oxygens (including phenoxy) is 1. The third-order valence-electron chi connectivity index (χ3n) is 7.77. The number of aryl methyl sites for hydroxylation is 1. The maximum atomic E-state index is 14.9. The first-order valence-electron chi connectivity index (χ1n) is 9.86. The predicted octanol–water partition coefficient (Wildman–Crippen LogP) is 3.78. The maximum absolute atomic E-state index is 14.9. The summed E-state index contributed by atoms with van der Waals surface area (Å²) >= 11 is 0. The summed E-state index contributed by atoms with van der Waals surface area (Å²) in [5.74, 6) is 2.57. The number of hydrogen-bond acceptors (Lipinski definition) is 2. The van der Waals surface area contributed by atoms with Gasteiger partial charge in [-0.3, -0.25) is 4.90 Å². The molecule has 3 fully saturated rings. The van der Waals surface area contributed by atoms with E-state index in [9.17, 15) is 4.39 Å². The van der Waals surface area contributed by atoms with E-state index in [1.165, 1.54) is 36.1 Å². The SMILES string of the molecule is Cc1ccc2c3c1O[C@@H]1C(F)CCC4[C@H](C2)N(CC2CC2)CCC341. The molecule has 3 heteroatoms. The summed E-state index contributed by atoms with van der Waals surface area (Å²) in [6.07, 6.45) is 5.78. The van der Waals surface area contributed by atoms with E-state index in [1.807, 2.05) is 0 Å². The number of benzene rings is 1. The maximum Gasteiger partial charge on any atom is 0.140 e. The van der Waals surface area contributed by atoms with E-state index < -0.39 is 6.17 Å². The monoisotopic (exact) mass is 327 g/mol. The number of likely N-dealkylation sites (tertiary alicyclic amines) is 1. The Bertz CT molecular complexity index is 714. The molecule has 24 heavy (non-hydrogen) atoms. The van der Waals surface area contributed by atoms with Gasteiger partial charge in [-0.15, -0.1) is 0 Å². The topological polar surface area (TPSA) is 12.5 Å². The van der Waals surface area contributed by atoms with Crippen molar-refractivity contribution >= 4 is 0 Å². The van der Waals surface area contributed by atoms with Gasteiger partial charge in [0.2, 0.25) is 0 Å². The van der Waals surface area contributed by atoms with Crippen LogP contribution in [0.1, 0.15) is 48.8 Å². The van der Waals surface area contributed by atoms with E-state index in [2.05, 4.69) is 24.0 Å². The Morgan fingerprint density at radius 3 is 2.96 bits per heavy atom. The van der Waals surface area contributed by atoms with Crippen LogP contribution in [0.3, 0.4) is 0 Å². The van der Waals surface area contributed by atoms with Crippen molar-refractivity contribution < 1.29 is 9.13 Å². The van der Waals surface area contributed by atoms with Gasteiger partial charge in [0.05, 0.1) is 0 Å². The molecule has 0 N–H and O–H groups in total. The molecule has 2 heterocycles. The summed E-state index contributed by atoms with van der Waals surface area (Å²) in [7, 11) is 0. The Hall–Kier alpha value is -1.09. The van der Waals surface area contributed by atoms with Crippen molar-refractivity contribution in [1.82, 2.24) is 4.90 Å². The normalized spacial score (nSPS) is 42.6. The molecule has 6 rings (SSSR count). The van der Waals surface area contributed by atoms with Gasteiger partial charge in [0.25, 0.3) is 0 Å². The van der Waals surface area contributed by atoms with E-state index in [-0.39, 0.29) is 11.5 Å². The van der Waals surface area contributed by atoms with Gasteiger partial charge in [0.15, 0.2) is 0 Å². The van der Waals surface area contributed by atoms with Gasteiger partial charge in [-0.1, -0.05) is 12.1 Å². The fraction of sp³-hybridized carbons (Fsp3) is 0.714. The molecule has 1 aromatic carbocycles. The predicted molar refractivity (Wildman–Crippen MR) is 91.3 cm³/mol. The number of piperidine rings is 1. The molecule has 0 amide bonds. The van der Waals surface area contributed by atoms with Gasteiger partial charge in [0, 0.05) is 23.6 Å². The highest BCUT2D eigenvalue weighted by atomic mass is 19.1. The van der Waals surface area contributed by atoms with Crippen molar-refractivity contribution in [3.63, 3.8) is 0 Å². The Balaban J connectivity index is 1.52. The van der Waals surface area contributed by atoms with E-state index in [4.69, 9.17) is 4.74 Å². The quantitative estimate of drug-likeness (QED) is 0.819. The number of halogens is 1. The van der Waals surface area contributed by atoms with E-state index in [0.717, 1.165) is 37.5 Å². The molecule has 3 aliphatic carbocycles. The van der Waals surface area contributed by atoms with E-state index in [0.29, 0.717) is 18.4 Å². The third-order valence-corrected chi connectivity index (χ3v) is 7.77. The molecule has 128 valence electrons. The second-order valence-electron chi connectivity index (χ2n) is 8.98. The summed E-state index contributed by atoms with van der Waals surface area (Å²) in [5, 5.41) is 0. The first kappa shape index (κ1) is 14.1. The van der Waals surface area contributed by atoms with Crippen LogP contribution in [0.4, 0.5) is 4.39 Å². The van der Waals surface area contributed by atoms with Crippen LogP contribution in [0.2, 0.25) is 0 Å². The largest absolute Gasteiger partial charge is 0.486 e. The Morgan fingerprint density at radius 2 is 2.12 bits per heavy atom. The van der Waals surface area contributed by atoms with Crippen molar-refractivity contribution in [3.05, 3.63) is 28.8 Å². The lowest BCUT2D eigenvalue weighted by atomic mass is 9.51. The standard InChI is InChI=1S/C21H26FNO/c1-12-2-5-14-10-17-15-6-7-16(22)20-21(15,18(14)19(12)24-20)8-9-23(17)11-13-3-4-13/h2,5,13,15-17,20H,3-4,6-11H2,1H3/t15?,16?,17-,20+,21?/m0/s1. The van der Waals surface area contributed by atoms with Crippen LogP contribution < -0.4 is 4.74 Å². The average Bonchev–Trinajstić information content (AvgIpc) is 3.32. The molecule has 2 nitrogen and oxygen atoms in total. The molecule has 2 aliphatic heterocycles. The van der Waals surface area contributed by atoms with Gasteiger partial charge >= 0.3 is 0 Å². The number of alkyl halides is 1. The van der Waals surface area contributed by atoms with Crippen LogP contribution in [0.5, 0.6) is 5.75 Å². The number of hydrogen-bond donors (Lipinski definition) is 0. The van der Waals surface area contributed by atoms with Crippen molar-refractivity contribution in [1.29, 1.82) is 0 Å². The minimum atomic E-state index is -0.797. The van der Waals surface area contributed by atoms with Gasteiger partial charge in [-0.25, -0.2) is 4.39 Å². The van der Waals surface area contributed by atoms with Gasteiger partial charge in [-0.2, -0.15) is 0 Å². The minimum absolute atomic E-state index is 0.0304. The molecule has 2 bridgehead atoms. The first-order chi connectivity index (χ1) is 11.7. The lowest BCUT2D eigenvalue weighted by Gasteiger charge is -2.58. The summed E-state index contributed by atoms with van der Waals surface area (Å²) in [4.78, 5) is 2.77. The molecule has 3 unspecified atom stereocenters. The molecule has 5 aliphatic rings. The third kappa shape index (κ3) is 1.60. The highest BCUT2D eigenvalue weighted by Crippen LogP contribution is 2.63. The Morgan fingerprint density at radius 1 is 1.25 bits per heavy atom. The second-order valence-corrected chi connectivity index (χ2v) is 8.98. The molecule has 1 saturated heterocycles. The van der Waals surface area contributed by atoms with Gasteiger partial charge in [-0.05, 0) is 75.0 Å². The van der Waals surface area contributed by atoms with Crippen molar-refractivity contribution in [3.8, 4) is 5.75 Å². The number of rotatable bonds is 2. The lowest BCUT2D eigenvalue weighted by molar-refractivity contribution is -0.0832. The fourth-order valence-electron chi connectivity index (χ4n) is 6.57. The zero-order valence-electron chi connectivity index (χ0n) is 14.4. The van der Waals surface area contributed by atoms with Crippen molar-refractivity contribution in [2.24, 2.45) is 11.8 Å². The van der Waals surface area contributed by atoms with Crippen molar-refractivity contribution in [2.75, 3.05) is 13.1 Å². The summed E-state index contributed by atoms with van der Waals surface area (Å²) in [6.45, 7) is 4.53. The van der Waals surface area contributed by atoms with Crippen LogP contribution in [0.25, 0.3) is 0 Å². The Kier molecular flexibility index (Phi) is 2.67. The van der Waals surface area contributed by atoms with Crippen LogP contribution in [0, 0.1) is 18.8 Å². The minimum Gasteiger partial charge on any atom is -0.486 e. The summed E-state index contributed by atoms with van der Waals surface area (Å²) in [5.41, 5.74) is 4.04. The molecule has 2 saturated carbocycles. The average molecular weight is 327 g/mol. The fourth-order valence-corrected chi connectivity index (χ4v) is 6.57. The smallest absolute Gasteiger partial charge is 0.140 e. The van der Waals surface area contributed by atoms with Crippen LogP contribution >= 0.6 is 0 Å². The number of nitrogens with zero attached hydrogens (tertiary/aromatic N) is 1. The van der Waals surface area contributed by atoms with E-state index in [1.54, 1.807) is 0 Å². The zero-order chi connectivity index (χ0) is 16.1. The van der Waals surface area contributed by atoms with Gasteiger partial charge in [0.1, 0.15) is 18.0 Å². The molecular formula is C21H26FNO. The molecule has 5 atom stereocenters. The molecular weight excluding hydrogens is 301 g/mol. The van der Waals surface area contributed by atoms with Crippen LogP contribution in [-0.4, -0.2) is 36.3 Å².